The van der Waals surface area contributed by atoms with Gasteiger partial charge in [-0.05, 0) is 13.8 Å². The van der Waals surface area contributed by atoms with Gasteiger partial charge in [-0.3, -0.25) is 4.90 Å². The molecule has 0 amide bonds. The zero-order valence-corrected chi connectivity index (χ0v) is 5.44. The minimum atomic E-state index is 0.409. The van der Waals surface area contributed by atoms with E-state index in [1.165, 1.54) is 0 Å². The lowest BCUT2D eigenvalue weighted by molar-refractivity contribution is 0.496. The van der Waals surface area contributed by atoms with Crippen LogP contribution in [0.1, 0.15) is 13.8 Å². The Morgan fingerprint density at radius 1 is 1.75 bits per heavy atom. The topological polar surface area (TPSA) is 3.01 Å². The van der Waals surface area contributed by atoms with Crippen LogP contribution in [0.5, 0.6) is 0 Å². The molecule has 0 N–H and O–H groups in total. The van der Waals surface area contributed by atoms with E-state index in [0.29, 0.717) is 5.54 Å². The van der Waals surface area contributed by atoms with Gasteiger partial charge in [0.2, 0.25) is 0 Å². The third-order valence-electron chi connectivity index (χ3n) is 1.61. The maximum absolute atomic E-state index is 5.10. The van der Waals surface area contributed by atoms with E-state index in [9.17, 15) is 0 Å². The van der Waals surface area contributed by atoms with Crippen LogP contribution < -0.4 is 0 Å². The molecule has 0 spiro atoms. The Labute approximate surface area is 50.7 Å². The Hall–Kier alpha value is -0.480. The second-order valence-corrected chi connectivity index (χ2v) is 2.87. The van der Waals surface area contributed by atoms with Crippen molar-refractivity contribution in [2.45, 2.75) is 19.4 Å². The van der Waals surface area contributed by atoms with E-state index in [-0.39, 0.29) is 0 Å². The van der Waals surface area contributed by atoms with Gasteiger partial charge in [-0.25, -0.2) is 0 Å². The van der Waals surface area contributed by atoms with Crippen molar-refractivity contribution in [2.75, 3.05) is 13.1 Å². The number of rotatable bonds is 1. The van der Waals surface area contributed by atoms with E-state index in [0.717, 1.165) is 13.1 Å². The molecule has 0 aliphatic carbocycles. The zero-order valence-electron chi connectivity index (χ0n) is 5.44. The average Bonchev–Trinajstić information content (AvgIpc) is 2.15. The summed E-state index contributed by atoms with van der Waals surface area (Å²) >= 11 is 0. The summed E-state index contributed by atoms with van der Waals surface area (Å²) in [5.41, 5.74) is 0.409. The predicted molar refractivity (Wildman–Crippen MR) is 34.5 cm³/mol. The molecule has 1 aliphatic heterocycles. The molecule has 0 aromatic heterocycles. The monoisotopic (exact) mass is 109 g/mol. The lowest BCUT2D eigenvalue weighted by Gasteiger charge is -1.98. The average molecular weight is 109 g/mol. The van der Waals surface area contributed by atoms with Crippen molar-refractivity contribution >= 4 is 0 Å². The molecular formula is C7H11N. The van der Waals surface area contributed by atoms with Crippen LogP contribution in [0, 0.1) is 12.3 Å². The highest BCUT2D eigenvalue weighted by molar-refractivity contribution is 5.05. The van der Waals surface area contributed by atoms with E-state index in [1.807, 2.05) is 0 Å². The molecule has 0 radical (unpaired) electrons. The quantitative estimate of drug-likeness (QED) is 0.354. The maximum atomic E-state index is 5.10. The van der Waals surface area contributed by atoms with E-state index in [4.69, 9.17) is 6.42 Å². The number of hydrogen-bond donors (Lipinski definition) is 0. The van der Waals surface area contributed by atoms with Crippen LogP contribution in [0.25, 0.3) is 0 Å². The molecule has 0 bridgehead atoms. The summed E-state index contributed by atoms with van der Waals surface area (Å²) in [4.78, 5) is 2.26. The van der Waals surface area contributed by atoms with E-state index in [2.05, 4.69) is 24.7 Å². The fraction of sp³-hybridized carbons (Fsp3) is 0.714. The Morgan fingerprint density at radius 3 is 2.38 bits per heavy atom. The molecule has 1 atom stereocenters. The van der Waals surface area contributed by atoms with Gasteiger partial charge in [-0.1, -0.05) is 5.92 Å². The first kappa shape index (κ1) is 5.65. The molecule has 8 heavy (non-hydrogen) atoms. The van der Waals surface area contributed by atoms with Gasteiger partial charge >= 0.3 is 0 Å². The van der Waals surface area contributed by atoms with Crippen LogP contribution >= 0.6 is 0 Å². The summed E-state index contributed by atoms with van der Waals surface area (Å²) in [6, 6.07) is 0. The van der Waals surface area contributed by atoms with Gasteiger partial charge < -0.3 is 0 Å². The predicted octanol–water partition coefficient (Wildman–Crippen LogP) is 0.714. The molecule has 44 valence electrons. The van der Waals surface area contributed by atoms with Crippen molar-refractivity contribution in [2.24, 2.45) is 0 Å². The summed E-state index contributed by atoms with van der Waals surface area (Å²) in [5, 5.41) is 0. The minimum Gasteiger partial charge on any atom is -0.284 e. The standard InChI is InChI=1S/C7H11N/c1-4-5-8-6-7(8,2)3/h1H,5-6H2,2-3H3. The smallest absolute Gasteiger partial charge is 0.0604 e. The lowest BCUT2D eigenvalue weighted by Crippen LogP contribution is -2.08. The number of hydrogen-bond acceptors (Lipinski definition) is 1. The molecular weight excluding hydrogens is 98.1 g/mol. The lowest BCUT2D eigenvalue weighted by atomic mass is 10.2. The van der Waals surface area contributed by atoms with Crippen LogP contribution in [0.3, 0.4) is 0 Å². The molecule has 1 saturated heterocycles. The van der Waals surface area contributed by atoms with Crippen molar-refractivity contribution in [3.05, 3.63) is 0 Å². The van der Waals surface area contributed by atoms with E-state index in [1.54, 1.807) is 0 Å². The normalized spacial score (nSPS) is 31.4. The van der Waals surface area contributed by atoms with Gasteiger partial charge in [0.15, 0.2) is 0 Å². The third-order valence-corrected chi connectivity index (χ3v) is 1.61. The third kappa shape index (κ3) is 0.850. The largest absolute Gasteiger partial charge is 0.284 e. The van der Waals surface area contributed by atoms with Crippen LogP contribution in [-0.4, -0.2) is 23.5 Å². The van der Waals surface area contributed by atoms with E-state index >= 15 is 0 Å². The van der Waals surface area contributed by atoms with Crippen LogP contribution in [0.4, 0.5) is 0 Å². The molecule has 0 aromatic carbocycles. The molecule has 1 heteroatoms. The van der Waals surface area contributed by atoms with Gasteiger partial charge in [0.1, 0.15) is 0 Å². The summed E-state index contributed by atoms with van der Waals surface area (Å²) in [6.45, 7) is 6.37. The van der Waals surface area contributed by atoms with Crippen molar-refractivity contribution in [1.82, 2.24) is 4.90 Å². The molecule has 1 rings (SSSR count). The minimum absolute atomic E-state index is 0.409. The van der Waals surface area contributed by atoms with Crippen molar-refractivity contribution in [3.63, 3.8) is 0 Å². The molecule has 1 fully saturated rings. The zero-order chi connectivity index (χ0) is 6.20. The van der Waals surface area contributed by atoms with Crippen LogP contribution in [0.2, 0.25) is 0 Å². The van der Waals surface area contributed by atoms with Crippen LogP contribution in [0.15, 0.2) is 0 Å². The Balaban J connectivity index is 2.29. The molecule has 0 saturated carbocycles. The van der Waals surface area contributed by atoms with Crippen LogP contribution in [-0.2, 0) is 0 Å². The first-order valence-electron chi connectivity index (χ1n) is 2.85. The van der Waals surface area contributed by atoms with Crippen molar-refractivity contribution < 1.29 is 0 Å². The van der Waals surface area contributed by atoms with Gasteiger partial charge in [0.25, 0.3) is 0 Å². The summed E-state index contributed by atoms with van der Waals surface area (Å²) in [5.74, 6) is 2.61. The van der Waals surface area contributed by atoms with Crippen molar-refractivity contribution in [3.8, 4) is 12.3 Å². The van der Waals surface area contributed by atoms with Gasteiger partial charge in [0.05, 0.1) is 6.54 Å². The molecule has 1 nitrogen and oxygen atoms in total. The first-order chi connectivity index (χ1) is 3.67. The highest BCUT2D eigenvalue weighted by atomic mass is 15.3. The Bertz CT molecular complexity index is 130. The highest BCUT2D eigenvalue weighted by Crippen LogP contribution is 2.29. The van der Waals surface area contributed by atoms with Gasteiger partial charge in [-0.15, -0.1) is 6.42 Å². The van der Waals surface area contributed by atoms with Crippen molar-refractivity contribution in [1.29, 1.82) is 0 Å². The summed E-state index contributed by atoms with van der Waals surface area (Å²) < 4.78 is 0. The Morgan fingerprint density at radius 2 is 2.25 bits per heavy atom. The molecule has 0 aromatic rings. The summed E-state index contributed by atoms with van der Waals surface area (Å²) in [6.07, 6.45) is 5.10. The summed E-state index contributed by atoms with van der Waals surface area (Å²) in [7, 11) is 0. The van der Waals surface area contributed by atoms with Gasteiger partial charge in [-0.2, -0.15) is 0 Å². The number of terminal acetylenes is 1. The fourth-order valence-corrected chi connectivity index (χ4v) is 0.812. The second-order valence-electron chi connectivity index (χ2n) is 2.87. The van der Waals surface area contributed by atoms with E-state index < -0.39 is 0 Å². The second kappa shape index (κ2) is 1.50. The first-order valence-corrected chi connectivity index (χ1v) is 2.85. The molecule has 1 aliphatic rings. The fourth-order valence-electron chi connectivity index (χ4n) is 0.812. The molecule has 1 unspecified atom stereocenters. The maximum Gasteiger partial charge on any atom is 0.0604 e. The highest BCUT2D eigenvalue weighted by Gasteiger charge is 2.41. The van der Waals surface area contributed by atoms with Gasteiger partial charge in [0, 0.05) is 12.1 Å². The SMILES string of the molecule is C#CCN1CC1(C)C. The Kier molecular flexibility index (Phi) is 1.06. The molecule has 1 heterocycles. The number of nitrogens with zero attached hydrogens (tertiary/aromatic N) is 1.